The van der Waals surface area contributed by atoms with Gasteiger partial charge in [0, 0.05) is 44.8 Å². The van der Waals surface area contributed by atoms with Crippen molar-refractivity contribution in [3.05, 3.63) is 53.3 Å². The number of nitrogens with one attached hydrogen (secondary N) is 2. The van der Waals surface area contributed by atoms with Gasteiger partial charge in [0.25, 0.3) is 0 Å². The van der Waals surface area contributed by atoms with E-state index in [1.54, 1.807) is 0 Å². The van der Waals surface area contributed by atoms with Crippen molar-refractivity contribution in [1.82, 2.24) is 25.4 Å². The number of para-hydroxylation sites is 1. The fourth-order valence-electron chi connectivity index (χ4n) is 3.43. The van der Waals surface area contributed by atoms with Gasteiger partial charge in [-0.2, -0.15) is 5.10 Å². The maximum atomic E-state index is 4.83. The number of benzene rings is 1. The Kier molecular flexibility index (Phi) is 9.54. The summed E-state index contributed by atoms with van der Waals surface area (Å²) in [6.07, 6.45) is 0.981. The minimum atomic E-state index is 0. The van der Waals surface area contributed by atoms with E-state index in [-0.39, 0.29) is 24.0 Å². The maximum Gasteiger partial charge on any atom is 0.191 e. The number of nitrogens with zero attached hydrogens (tertiary/aromatic N) is 5. The van der Waals surface area contributed by atoms with Crippen molar-refractivity contribution in [2.45, 2.75) is 40.3 Å². The third-order valence-corrected chi connectivity index (χ3v) is 4.94. The van der Waals surface area contributed by atoms with E-state index in [0.29, 0.717) is 6.54 Å². The molecule has 0 saturated heterocycles. The summed E-state index contributed by atoms with van der Waals surface area (Å²) in [6, 6.07) is 12.5. The van der Waals surface area contributed by atoms with Crippen LogP contribution in [0.4, 0.5) is 5.82 Å². The van der Waals surface area contributed by atoms with Gasteiger partial charge in [-0.1, -0.05) is 18.2 Å². The fraction of sp³-hybridized carbons (Fsp3) is 0.435. The van der Waals surface area contributed by atoms with E-state index >= 15 is 0 Å². The molecule has 168 valence electrons. The zero-order valence-corrected chi connectivity index (χ0v) is 21.5. The van der Waals surface area contributed by atoms with Crippen LogP contribution in [-0.4, -0.2) is 47.9 Å². The number of hydrogen-bond donors (Lipinski definition) is 2. The first-order valence-electron chi connectivity index (χ1n) is 10.6. The van der Waals surface area contributed by atoms with Crippen LogP contribution in [0, 0.1) is 13.8 Å². The SMILES string of the molecule is CCNC(=NCc1cc(N(C)C)nc2ccccc12)NCCCn1nc(C)cc1C.I. The maximum absolute atomic E-state index is 4.83. The van der Waals surface area contributed by atoms with Crippen molar-refractivity contribution in [3.8, 4) is 0 Å². The van der Waals surface area contributed by atoms with Crippen LogP contribution in [0.15, 0.2) is 41.4 Å². The molecular weight excluding hydrogens is 501 g/mol. The summed E-state index contributed by atoms with van der Waals surface area (Å²) in [7, 11) is 4.02. The molecule has 0 aliphatic carbocycles. The van der Waals surface area contributed by atoms with Crippen molar-refractivity contribution < 1.29 is 0 Å². The van der Waals surface area contributed by atoms with Gasteiger partial charge >= 0.3 is 0 Å². The van der Waals surface area contributed by atoms with Crippen LogP contribution in [0.2, 0.25) is 0 Å². The predicted molar refractivity (Wildman–Crippen MR) is 141 cm³/mol. The molecule has 0 radical (unpaired) electrons. The Bertz CT molecular complexity index is 1010. The Balaban J connectivity index is 0.00000341. The molecule has 2 aromatic heterocycles. The Morgan fingerprint density at radius 2 is 1.90 bits per heavy atom. The highest BCUT2D eigenvalue weighted by Crippen LogP contribution is 2.22. The first-order chi connectivity index (χ1) is 14.5. The number of hydrogen-bond acceptors (Lipinski definition) is 4. The topological polar surface area (TPSA) is 70.4 Å². The molecule has 1 aromatic carbocycles. The second kappa shape index (κ2) is 11.9. The molecule has 0 unspecified atom stereocenters. The van der Waals surface area contributed by atoms with Crippen LogP contribution in [0.5, 0.6) is 0 Å². The molecule has 3 rings (SSSR count). The lowest BCUT2D eigenvalue weighted by molar-refractivity contribution is 0.555. The van der Waals surface area contributed by atoms with Crippen LogP contribution in [0.25, 0.3) is 10.9 Å². The van der Waals surface area contributed by atoms with Crippen molar-refractivity contribution in [3.63, 3.8) is 0 Å². The van der Waals surface area contributed by atoms with Gasteiger partial charge < -0.3 is 15.5 Å². The molecule has 2 heterocycles. The molecular formula is C23H34IN7. The highest BCUT2D eigenvalue weighted by atomic mass is 127. The minimum Gasteiger partial charge on any atom is -0.363 e. The predicted octanol–water partition coefficient (Wildman–Crippen LogP) is 3.88. The Morgan fingerprint density at radius 3 is 2.58 bits per heavy atom. The molecule has 2 N–H and O–H groups in total. The summed E-state index contributed by atoms with van der Waals surface area (Å²) in [5.74, 6) is 1.78. The average molecular weight is 535 g/mol. The number of guanidine groups is 1. The van der Waals surface area contributed by atoms with Gasteiger partial charge in [-0.25, -0.2) is 9.98 Å². The first kappa shape index (κ1) is 24.9. The van der Waals surface area contributed by atoms with E-state index in [0.717, 1.165) is 54.4 Å². The number of aliphatic imine (C=N–C) groups is 1. The lowest BCUT2D eigenvalue weighted by Crippen LogP contribution is -2.38. The van der Waals surface area contributed by atoms with Gasteiger partial charge in [0.15, 0.2) is 5.96 Å². The molecule has 0 saturated carbocycles. The molecule has 8 heteroatoms. The van der Waals surface area contributed by atoms with Crippen LogP contribution in [0.1, 0.15) is 30.3 Å². The lowest BCUT2D eigenvalue weighted by Gasteiger charge is -2.15. The normalized spacial score (nSPS) is 11.3. The molecule has 0 spiro atoms. The third kappa shape index (κ3) is 6.81. The van der Waals surface area contributed by atoms with E-state index in [9.17, 15) is 0 Å². The summed E-state index contributed by atoms with van der Waals surface area (Å²) in [4.78, 5) is 11.6. The molecule has 0 atom stereocenters. The van der Waals surface area contributed by atoms with Gasteiger partial charge in [0.05, 0.1) is 17.8 Å². The van der Waals surface area contributed by atoms with Gasteiger partial charge in [0.1, 0.15) is 5.82 Å². The summed E-state index contributed by atoms with van der Waals surface area (Å²) >= 11 is 0. The van der Waals surface area contributed by atoms with Crippen molar-refractivity contribution in [2.75, 3.05) is 32.1 Å². The van der Waals surface area contributed by atoms with Crippen LogP contribution >= 0.6 is 24.0 Å². The number of aromatic nitrogens is 3. The lowest BCUT2D eigenvalue weighted by atomic mass is 10.1. The first-order valence-corrected chi connectivity index (χ1v) is 10.6. The molecule has 0 amide bonds. The summed E-state index contributed by atoms with van der Waals surface area (Å²) in [6.45, 7) is 9.36. The summed E-state index contributed by atoms with van der Waals surface area (Å²) in [5, 5.41) is 12.5. The van der Waals surface area contributed by atoms with Crippen LogP contribution < -0.4 is 15.5 Å². The molecule has 7 nitrogen and oxygen atoms in total. The second-order valence-electron chi connectivity index (χ2n) is 7.68. The molecule has 0 aliphatic rings. The van der Waals surface area contributed by atoms with E-state index in [4.69, 9.17) is 9.98 Å². The largest absolute Gasteiger partial charge is 0.363 e. The number of halogens is 1. The molecule has 0 fully saturated rings. The number of rotatable bonds is 8. The van der Waals surface area contributed by atoms with Gasteiger partial charge in [-0.05, 0) is 51.0 Å². The number of aryl methyl sites for hydroxylation is 3. The summed E-state index contributed by atoms with van der Waals surface area (Å²) < 4.78 is 2.06. The quantitative estimate of drug-likeness (QED) is 0.198. The fourth-order valence-corrected chi connectivity index (χ4v) is 3.43. The Labute approximate surface area is 202 Å². The van der Waals surface area contributed by atoms with E-state index in [1.807, 2.05) is 32.0 Å². The van der Waals surface area contributed by atoms with Crippen LogP contribution in [0.3, 0.4) is 0 Å². The molecule has 31 heavy (non-hydrogen) atoms. The second-order valence-corrected chi connectivity index (χ2v) is 7.68. The minimum absolute atomic E-state index is 0. The Morgan fingerprint density at radius 1 is 1.13 bits per heavy atom. The van der Waals surface area contributed by atoms with E-state index in [1.165, 1.54) is 11.3 Å². The summed E-state index contributed by atoms with van der Waals surface area (Å²) in [5.41, 5.74) is 4.44. The smallest absolute Gasteiger partial charge is 0.191 e. The molecule has 0 bridgehead atoms. The molecule has 3 aromatic rings. The average Bonchev–Trinajstić information content (AvgIpc) is 3.05. The zero-order chi connectivity index (χ0) is 21.5. The Hall–Kier alpha value is -2.36. The monoisotopic (exact) mass is 535 g/mol. The van der Waals surface area contributed by atoms with Gasteiger partial charge in [-0.15, -0.1) is 24.0 Å². The van der Waals surface area contributed by atoms with Crippen molar-refractivity contribution in [2.24, 2.45) is 4.99 Å². The number of anilines is 1. The van der Waals surface area contributed by atoms with Gasteiger partial charge in [0.2, 0.25) is 0 Å². The van der Waals surface area contributed by atoms with E-state index < -0.39 is 0 Å². The van der Waals surface area contributed by atoms with Crippen LogP contribution in [-0.2, 0) is 13.1 Å². The number of pyridine rings is 1. The standard InChI is InChI=1S/C23H33N7.HI/c1-6-24-23(25-12-9-13-30-18(3)14-17(2)28-30)26-16-19-15-22(29(4)5)27-21-11-8-7-10-20(19)21;/h7-8,10-11,14-15H,6,9,12-13,16H2,1-5H3,(H2,24,25,26);1H. The third-order valence-electron chi connectivity index (χ3n) is 4.94. The highest BCUT2D eigenvalue weighted by Gasteiger charge is 2.07. The van der Waals surface area contributed by atoms with E-state index in [2.05, 4.69) is 64.6 Å². The van der Waals surface area contributed by atoms with Crippen molar-refractivity contribution >= 4 is 46.7 Å². The number of fused-ring (bicyclic) bond motifs is 1. The zero-order valence-electron chi connectivity index (χ0n) is 19.1. The molecule has 0 aliphatic heterocycles. The van der Waals surface area contributed by atoms with Crippen molar-refractivity contribution in [1.29, 1.82) is 0 Å². The highest BCUT2D eigenvalue weighted by molar-refractivity contribution is 14.0. The van der Waals surface area contributed by atoms with Gasteiger partial charge in [-0.3, -0.25) is 4.68 Å².